The van der Waals surface area contributed by atoms with Gasteiger partial charge in [0.05, 0.1) is 5.69 Å². The number of hydrogen-bond acceptors (Lipinski definition) is 3. The molecule has 0 radical (unpaired) electrons. The minimum atomic E-state index is -0.513. The van der Waals surface area contributed by atoms with Crippen LogP contribution in [0.5, 0.6) is 0 Å². The number of nitrogens with zero attached hydrogens (tertiary/aromatic N) is 2. The molecule has 5 nitrogen and oxygen atoms in total. The molecular formula is C15H20N4O. The highest BCUT2D eigenvalue weighted by atomic mass is 16.1. The average Bonchev–Trinajstić information content (AvgIpc) is 2.90. The molecule has 1 heterocycles. The summed E-state index contributed by atoms with van der Waals surface area (Å²) >= 11 is 0. The van der Waals surface area contributed by atoms with Gasteiger partial charge in [0.25, 0.3) is 5.91 Å². The number of primary amides is 1. The number of hydrogen-bond donors (Lipinski definition) is 2. The number of rotatable bonds is 6. The van der Waals surface area contributed by atoms with Crippen LogP contribution in [0.2, 0.25) is 0 Å². The summed E-state index contributed by atoms with van der Waals surface area (Å²) in [6, 6.07) is 7.75. The largest absolute Gasteiger partial charge is 0.364 e. The zero-order valence-corrected chi connectivity index (χ0v) is 11.9. The van der Waals surface area contributed by atoms with Gasteiger partial charge in [-0.15, -0.1) is 0 Å². The van der Waals surface area contributed by atoms with Crippen molar-refractivity contribution in [3.05, 3.63) is 47.3 Å². The second kappa shape index (κ2) is 6.34. The SMILES string of the molecule is CCCNCc1ccc(-n2ccc(C(N)=O)n2)cc1C. The van der Waals surface area contributed by atoms with Crippen LogP contribution in [0.25, 0.3) is 5.69 Å². The maximum atomic E-state index is 11.1. The monoisotopic (exact) mass is 272 g/mol. The number of carbonyl (C=O) groups is 1. The summed E-state index contributed by atoms with van der Waals surface area (Å²) in [6.07, 6.45) is 2.87. The fourth-order valence-corrected chi connectivity index (χ4v) is 2.02. The molecule has 5 heteroatoms. The normalized spacial score (nSPS) is 10.7. The Bertz CT molecular complexity index is 604. The van der Waals surface area contributed by atoms with Gasteiger partial charge in [-0.2, -0.15) is 5.10 Å². The van der Waals surface area contributed by atoms with Crippen LogP contribution < -0.4 is 11.1 Å². The van der Waals surface area contributed by atoms with Crippen LogP contribution >= 0.6 is 0 Å². The second-order valence-electron chi connectivity index (χ2n) is 4.80. The number of carbonyl (C=O) groups excluding carboxylic acids is 1. The van der Waals surface area contributed by atoms with E-state index in [2.05, 4.69) is 36.4 Å². The number of nitrogens with one attached hydrogen (secondary N) is 1. The fraction of sp³-hybridized carbons (Fsp3) is 0.333. The van der Waals surface area contributed by atoms with E-state index in [0.29, 0.717) is 0 Å². The molecule has 3 N–H and O–H groups in total. The van der Waals surface area contributed by atoms with E-state index in [9.17, 15) is 4.79 Å². The maximum absolute atomic E-state index is 11.1. The Labute approximate surface area is 118 Å². The molecule has 20 heavy (non-hydrogen) atoms. The Balaban J connectivity index is 2.17. The molecule has 0 fully saturated rings. The van der Waals surface area contributed by atoms with E-state index in [1.165, 1.54) is 11.1 Å². The third-order valence-corrected chi connectivity index (χ3v) is 3.17. The number of benzene rings is 1. The number of aryl methyl sites for hydroxylation is 1. The Kier molecular flexibility index (Phi) is 4.53. The first-order chi connectivity index (χ1) is 9.61. The summed E-state index contributed by atoms with van der Waals surface area (Å²) in [6.45, 7) is 6.11. The van der Waals surface area contributed by atoms with Crippen molar-refractivity contribution in [2.75, 3.05) is 6.54 Å². The standard InChI is InChI=1S/C15H20N4O/c1-3-7-17-10-12-4-5-13(9-11(12)2)19-8-6-14(18-19)15(16)20/h4-6,8-9,17H,3,7,10H2,1-2H3,(H2,16,20). The first kappa shape index (κ1) is 14.3. The fourth-order valence-electron chi connectivity index (χ4n) is 2.02. The minimum absolute atomic E-state index is 0.274. The van der Waals surface area contributed by atoms with Crippen LogP contribution in [0.1, 0.15) is 35.0 Å². The summed E-state index contributed by atoms with van der Waals surface area (Å²) in [5.41, 5.74) is 8.87. The Morgan fingerprint density at radius 1 is 1.40 bits per heavy atom. The van der Waals surface area contributed by atoms with Crippen LogP contribution in [0.3, 0.4) is 0 Å². The molecule has 1 aromatic carbocycles. The molecule has 0 bridgehead atoms. The molecule has 0 saturated carbocycles. The molecule has 106 valence electrons. The van der Waals surface area contributed by atoms with E-state index in [-0.39, 0.29) is 5.69 Å². The van der Waals surface area contributed by atoms with Gasteiger partial charge in [-0.25, -0.2) is 4.68 Å². The summed E-state index contributed by atoms with van der Waals surface area (Å²) in [7, 11) is 0. The molecule has 0 unspecified atom stereocenters. The van der Waals surface area contributed by atoms with E-state index in [4.69, 9.17) is 5.73 Å². The van der Waals surface area contributed by atoms with Crippen LogP contribution in [-0.2, 0) is 6.54 Å². The van der Waals surface area contributed by atoms with Gasteiger partial charge in [0.1, 0.15) is 5.69 Å². The van der Waals surface area contributed by atoms with E-state index in [1.807, 2.05) is 6.07 Å². The van der Waals surface area contributed by atoms with Gasteiger partial charge < -0.3 is 11.1 Å². The predicted molar refractivity (Wildman–Crippen MR) is 78.8 cm³/mol. The van der Waals surface area contributed by atoms with Gasteiger partial charge in [0, 0.05) is 12.7 Å². The Morgan fingerprint density at radius 2 is 2.20 bits per heavy atom. The number of amides is 1. The van der Waals surface area contributed by atoms with Crippen LogP contribution in [0, 0.1) is 6.92 Å². The number of nitrogens with two attached hydrogens (primary N) is 1. The van der Waals surface area contributed by atoms with Gasteiger partial charge >= 0.3 is 0 Å². The lowest BCUT2D eigenvalue weighted by atomic mass is 10.1. The van der Waals surface area contributed by atoms with Crippen molar-refractivity contribution < 1.29 is 4.79 Å². The lowest BCUT2D eigenvalue weighted by molar-refractivity contribution is 0.0995. The molecule has 0 aliphatic rings. The summed E-state index contributed by atoms with van der Waals surface area (Å²) < 4.78 is 1.66. The van der Waals surface area contributed by atoms with Crippen LogP contribution in [-0.4, -0.2) is 22.2 Å². The Morgan fingerprint density at radius 3 is 2.80 bits per heavy atom. The molecular weight excluding hydrogens is 252 g/mol. The highest BCUT2D eigenvalue weighted by Gasteiger charge is 2.07. The third kappa shape index (κ3) is 3.24. The molecule has 0 aliphatic carbocycles. The van der Waals surface area contributed by atoms with Crippen molar-refractivity contribution >= 4 is 5.91 Å². The molecule has 0 aliphatic heterocycles. The quantitative estimate of drug-likeness (QED) is 0.787. The van der Waals surface area contributed by atoms with Crippen molar-refractivity contribution in [1.82, 2.24) is 15.1 Å². The average molecular weight is 272 g/mol. The first-order valence-electron chi connectivity index (χ1n) is 6.78. The smallest absolute Gasteiger partial charge is 0.269 e. The minimum Gasteiger partial charge on any atom is -0.364 e. The first-order valence-corrected chi connectivity index (χ1v) is 6.78. The highest BCUT2D eigenvalue weighted by molar-refractivity contribution is 5.90. The molecule has 0 atom stereocenters. The van der Waals surface area contributed by atoms with Crippen molar-refractivity contribution in [2.45, 2.75) is 26.8 Å². The van der Waals surface area contributed by atoms with Crippen molar-refractivity contribution in [1.29, 1.82) is 0 Å². The second-order valence-corrected chi connectivity index (χ2v) is 4.80. The maximum Gasteiger partial charge on any atom is 0.269 e. The Hall–Kier alpha value is -2.14. The summed E-state index contributed by atoms with van der Waals surface area (Å²) in [5.74, 6) is -0.513. The van der Waals surface area contributed by atoms with E-state index in [0.717, 1.165) is 25.2 Å². The van der Waals surface area contributed by atoms with E-state index < -0.39 is 5.91 Å². The van der Waals surface area contributed by atoms with Crippen molar-refractivity contribution in [3.8, 4) is 5.69 Å². The zero-order valence-electron chi connectivity index (χ0n) is 11.9. The molecule has 2 aromatic rings. The topological polar surface area (TPSA) is 72.9 Å². The van der Waals surface area contributed by atoms with Crippen LogP contribution in [0.4, 0.5) is 0 Å². The highest BCUT2D eigenvalue weighted by Crippen LogP contribution is 2.14. The lowest BCUT2D eigenvalue weighted by Crippen LogP contribution is -2.15. The van der Waals surface area contributed by atoms with E-state index in [1.54, 1.807) is 16.9 Å². The molecule has 1 aromatic heterocycles. The van der Waals surface area contributed by atoms with Crippen LogP contribution in [0.15, 0.2) is 30.5 Å². The summed E-state index contributed by atoms with van der Waals surface area (Å²) in [5, 5.41) is 7.54. The molecule has 0 saturated heterocycles. The van der Waals surface area contributed by atoms with E-state index >= 15 is 0 Å². The molecule has 1 amide bonds. The summed E-state index contributed by atoms with van der Waals surface area (Å²) in [4.78, 5) is 11.1. The third-order valence-electron chi connectivity index (χ3n) is 3.17. The number of aromatic nitrogens is 2. The van der Waals surface area contributed by atoms with Crippen molar-refractivity contribution in [2.24, 2.45) is 5.73 Å². The zero-order chi connectivity index (χ0) is 14.5. The lowest BCUT2D eigenvalue weighted by Gasteiger charge is -2.09. The predicted octanol–water partition coefficient (Wildman–Crippen LogP) is 1.78. The van der Waals surface area contributed by atoms with Gasteiger partial charge in [-0.3, -0.25) is 4.79 Å². The van der Waals surface area contributed by atoms with Gasteiger partial charge in [0.2, 0.25) is 0 Å². The molecule has 0 spiro atoms. The van der Waals surface area contributed by atoms with Gasteiger partial charge in [0.15, 0.2) is 0 Å². The van der Waals surface area contributed by atoms with Crippen molar-refractivity contribution in [3.63, 3.8) is 0 Å². The van der Waals surface area contributed by atoms with Gasteiger partial charge in [-0.05, 0) is 49.2 Å². The van der Waals surface area contributed by atoms with Gasteiger partial charge in [-0.1, -0.05) is 13.0 Å². The molecule has 2 rings (SSSR count).